The van der Waals surface area contributed by atoms with E-state index in [2.05, 4.69) is 29.1 Å². The van der Waals surface area contributed by atoms with Crippen molar-refractivity contribution in [3.8, 4) is 11.1 Å². The summed E-state index contributed by atoms with van der Waals surface area (Å²) in [6, 6.07) is 8.60. The smallest absolute Gasteiger partial charge is 0.336 e. The number of aromatic nitrogens is 3. The molecular weight excluding hydrogens is 577 g/mol. The van der Waals surface area contributed by atoms with E-state index in [1.807, 2.05) is 0 Å². The van der Waals surface area contributed by atoms with E-state index < -0.39 is 14.4 Å². The number of nitrogens with zero attached hydrogens (tertiary/aromatic N) is 4. The molecule has 0 radical (unpaired) electrons. The van der Waals surface area contributed by atoms with E-state index >= 15 is 0 Å². The zero-order chi connectivity index (χ0) is 29.8. The standard InChI is InChI=1S/C29H30N5O6PS/c1-29(2)12-20-19-8-10-34(28(36)26(19)42-24(20)13-29)23-6-4-5-18(21(23)15-40-41(37,38)39)17-11-22(27(35)33(3)14-17)32-25-7-9-30-16-31-25/h4-7,9,11,14,16H,8,10,12-13,15H2,1-3H3,(H,30,31,32)(H2,37,38,39). The van der Waals surface area contributed by atoms with Gasteiger partial charge in [-0.3, -0.25) is 14.1 Å². The Morgan fingerprint density at radius 2 is 1.98 bits per heavy atom. The van der Waals surface area contributed by atoms with Gasteiger partial charge < -0.3 is 24.6 Å². The number of nitrogens with one attached hydrogen (secondary N) is 1. The van der Waals surface area contributed by atoms with Crippen LogP contribution in [0.15, 0.2) is 53.8 Å². The van der Waals surface area contributed by atoms with E-state index in [0.717, 1.165) is 23.3 Å². The summed E-state index contributed by atoms with van der Waals surface area (Å²) in [5.41, 5.74) is 4.65. The van der Waals surface area contributed by atoms with Crippen molar-refractivity contribution in [2.45, 2.75) is 39.7 Å². The quantitative estimate of drug-likeness (QED) is 0.257. The van der Waals surface area contributed by atoms with Gasteiger partial charge in [-0.2, -0.15) is 0 Å². The molecule has 0 spiro atoms. The highest BCUT2D eigenvalue weighted by atomic mass is 32.1. The van der Waals surface area contributed by atoms with Gasteiger partial charge in [0.25, 0.3) is 11.5 Å². The number of phosphoric ester groups is 1. The van der Waals surface area contributed by atoms with Crippen molar-refractivity contribution in [3.63, 3.8) is 0 Å². The van der Waals surface area contributed by atoms with Crippen molar-refractivity contribution in [3.05, 3.63) is 85.9 Å². The number of benzene rings is 1. The van der Waals surface area contributed by atoms with Gasteiger partial charge in [-0.25, -0.2) is 14.5 Å². The summed E-state index contributed by atoms with van der Waals surface area (Å²) in [7, 11) is -3.23. The van der Waals surface area contributed by atoms with Crippen molar-refractivity contribution in [1.29, 1.82) is 0 Å². The fraction of sp³-hybridized carbons (Fsp3) is 0.310. The summed E-state index contributed by atoms with van der Waals surface area (Å²) in [5, 5.41) is 3.02. The van der Waals surface area contributed by atoms with E-state index in [4.69, 9.17) is 4.52 Å². The average Bonchev–Trinajstić information content (AvgIpc) is 3.42. The molecule has 11 nitrogen and oxygen atoms in total. The monoisotopic (exact) mass is 607 g/mol. The Balaban J connectivity index is 1.43. The lowest BCUT2D eigenvalue weighted by Gasteiger charge is -2.30. The van der Waals surface area contributed by atoms with Crippen molar-refractivity contribution in [2.24, 2.45) is 12.5 Å². The Bertz CT molecular complexity index is 1810. The maximum atomic E-state index is 13.9. The first kappa shape index (κ1) is 28.4. The second kappa shape index (κ2) is 10.6. The van der Waals surface area contributed by atoms with E-state index in [1.165, 1.54) is 21.3 Å². The fourth-order valence-electron chi connectivity index (χ4n) is 5.84. The normalized spacial score (nSPS) is 15.9. The number of fused-ring (bicyclic) bond motifs is 3. The minimum Gasteiger partial charge on any atom is -0.336 e. The number of anilines is 3. The van der Waals surface area contributed by atoms with Gasteiger partial charge in [-0.15, -0.1) is 11.3 Å². The maximum Gasteiger partial charge on any atom is 0.469 e. The van der Waals surface area contributed by atoms with Crippen LogP contribution in [0.5, 0.6) is 0 Å². The Labute approximate surface area is 246 Å². The number of pyridine rings is 1. The summed E-state index contributed by atoms with van der Waals surface area (Å²) < 4.78 is 18.2. The number of amides is 1. The molecule has 42 heavy (non-hydrogen) atoms. The van der Waals surface area contributed by atoms with Crippen LogP contribution in [0.1, 0.15) is 45.1 Å². The Kier molecular flexibility index (Phi) is 7.15. The molecule has 1 aliphatic heterocycles. The molecule has 0 fully saturated rings. The van der Waals surface area contributed by atoms with Crippen LogP contribution in [-0.4, -0.2) is 36.8 Å². The van der Waals surface area contributed by atoms with Crippen LogP contribution < -0.4 is 15.8 Å². The molecule has 3 N–H and O–H groups in total. The second-order valence-corrected chi connectivity index (χ2v) is 13.7. The highest BCUT2D eigenvalue weighted by Crippen LogP contribution is 2.47. The van der Waals surface area contributed by atoms with Crippen molar-refractivity contribution >= 4 is 42.3 Å². The SMILES string of the molecule is Cn1cc(-c2cccc(N3CCc4c(sc5c4CC(C)(C)C5)C3=O)c2COP(=O)(O)O)cc(Nc2ccncn2)c1=O. The number of hydrogen-bond acceptors (Lipinski definition) is 8. The zero-order valence-electron chi connectivity index (χ0n) is 23.3. The third-order valence-corrected chi connectivity index (χ3v) is 9.41. The molecule has 0 saturated carbocycles. The number of aryl methyl sites for hydroxylation is 1. The van der Waals surface area contributed by atoms with Gasteiger partial charge in [-0.1, -0.05) is 26.0 Å². The Hall–Kier alpha value is -3.67. The van der Waals surface area contributed by atoms with Gasteiger partial charge in [0, 0.05) is 42.0 Å². The molecule has 0 unspecified atom stereocenters. The molecule has 0 atom stereocenters. The third-order valence-electron chi connectivity index (χ3n) is 7.68. The summed E-state index contributed by atoms with van der Waals surface area (Å²) in [6.45, 7) is 4.47. The summed E-state index contributed by atoms with van der Waals surface area (Å²) in [6.07, 6.45) is 7.14. The van der Waals surface area contributed by atoms with Crippen LogP contribution in [0.4, 0.5) is 17.2 Å². The number of carbonyl (C=O) groups excluding carboxylic acids is 1. The van der Waals surface area contributed by atoms with Crippen LogP contribution in [0.25, 0.3) is 11.1 Å². The predicted octanol–water partition coefficient (Wildman–Crippen LogP) is 4.58. The number of phosphoric acid groups is 1. The van der Waals surface area contributed by atoms with Gasteiger partial charge in [0.2, 0.25) is 0 Å². The molecule has 1 aromatic carbocycles. The third kappa shape index (κ3) is 5.44. The largest absolute Gasteiger partial charge is 0.469 e. The molecule has 13 heteroatoms. The molecule has 0 saturated heterocycles. The van der Waals surface area contributed by atoms with E-state index in [0.29, 0.717) is 41.2 Å². The average molecular weight is 608 g/mol. The van der Waals surface area contributed by atoms with Crippen LogP contribution in [0, 0.1) is 5.41 Å². The van der Waals surface area contributed by atoms with Crippen LogP contribution in [0.3, 0.4) is 0 Å². The van der Waals surface area contributed by atoms with Gasteiger partial charge in [0.05, 0.1) is 17.2 Å². The predicted molar refractivity (Wildman–Crippen MR) is 160 cm³/mol. The summed E-state index contributed by atoms with van der Waals surface area (Å²) in [5.74, 6) is 0.300. The minimum atomic E-state index is -4.84. The molecule has 2 aliphatic rings. The first-order valence-corrected chi connectivity index (χ1v) is 15.8. The Morgan fingerprint density at radius 1 is 1.17 bits per heavy atom. The Morgan fingerprint density at radius 3 is 2.71 bits per heavy atom. The maximum absolute atomic E-state index is 13.9. The lowest BCUT2D eigenvalue weighted by atomic mass is 9.89. The highest BCUT2D eigenvalue weighted by molar-refractivity contribution is 7.46. The molecule has 1 amide bonds. The molecule has 218 valence electrons. The minimum absolute atomic E-state index is 0.130. The topological polar surface area (TPSA) is 147 Å². The zero-order valence-corrected chi connectivity index (χ0v) is 25.0. The van der Waals surface area contributed by atoms with E-state index in [-0.39, 0.29) is 22.6 Å². The number of hydrogen-bond donors (Lipinski definition) is 3. The molecule has 4 aromatic rings. The first-order chi connectivity index (χ1) is 19.9. The molecule has 1 aliphatic carbocycles. The van der Waals surface area contributed by atoms with Crippen LogP contribution in [-0.2, 0) is 42.0 Å². The van der Waals surface area contributed by atoms with Crippen molar-refractivity contribution in [2.75, 3.05) is 16.8 Å². The van der Waals surface area contributed by atoms with Crippen LogP contribution >= 0.6 is 19.2 Å². The highest BCUT2D eigenvalue weighted by Gasteiger charge is 2.38. The van der Waals surface area contributed by atoms with E-state index in [9.17, 15) is 23.9 Å². The van der Waals surface area contributed by atoms with Gasteiger partial charge in [0.15, 0.2) is 0 Å². The number of thiophene rings is 1. The van der Waals surface area contributed by atoms with Gasteiger partial charge in [-0.05, 0) is 59.6 Å². The van der Waals surface area contributed by atoms with E-state index in [1.54, 1.807) is 66.0 Å². The number of rotatable bonds is 7. The van der Waals surface area contributed by atoms with Gasteiger partial charge in [0.1, 0.15) is 17.8 Å². The lowest BCUT2D eigenvalue weighted by Crippen LogP contribution is -2.37. The molecular formula is C29H30N5O6PS. The second-order valence-electron chi connectivity index (χ2n) is 11.4. The van der Waals surface area contributed by atoms with Crippen molar-refractivity contribution < 1.29 is 23.7 Å². The first-order valence-electron chi connectivity index (χ1n) is 13.4. The van der Waals surface area contributed by atoms with Gasteiger partial charge >= 0.3 is 7.82 Å². The number of carbonyl (C=O) groups is 1. The van der Waals surface area contributed by atoms with Crippen LogP contribution in [0.2, 0.25) is 0 Å². The lowest BCUT2D eigenvalue weighted by molar-refractivity contribution is 0.0984. The molecule has 0 bridgehead atoms. The van der Waals surface area contributed by atoms with Crippen molar-refractivity contribution in [1.82, 2.24) is 14.5 Å². The summed E-state index contributed by atoms with van der Waals surface area (Å²) in [4.78, 5) is 57.7. The summed E-state index contributed by atoms with van der Waals surface area (Å²) >= 11 is 1.56. The molecule has 4 heterocycles. The molecule has 3 aromatic heterocycles. The molecule has 6 rings (SSSR count). The fourth-order valence-corrected chi connectivity index (χ4v) is 7.71.